The Morgan fingerprint density at radius 3 is 2.58 bits per heavy atom. The molecule has 70 valence electrons. The molecule has 0 amide bonds. The third-order valence-electron chi connectivity index (χ3n) is 1.19. The predicted molar refractivity (Wildman–Crippen MR) is 44.8 cm³/mol. The van der Waals surface area contributed by atoms with Gasteiger partial charge in [-0.05, 0) is 13.0 Å². The van der Waals surface area contributed by atoms with Gasteiger partial charge in [-0.3, -0.25) is 9.59 Å². The van der Waals surface area contributed by atoms with Crippen LogP contribution < -0.4 is 5.32 Å². The molecule has 0 spiro atoms. The topological polar surface area (TPSA) is 55.4 Å². The molecule has 0 aromatic rings. The number of ketones is 1. The Hall–Kier alpha value is -0.900. The van der Waals surface area contributed by atoms with Crippen LogP contribution >= 0.6 is 0 Å². The summed E-state index contributed by atoms with van der Waals surface area (Å²) in [5.74, 6) is -0.516. The predicted octanol–water partition coefficient (Wildman–Crippen LogP) is 0.118. The van der Waals surface area contributed by atoms with E-state index in [2.05, 4.69) is 10.1 Å². The molecule has 0 unspecified atom stereocenters. The van der Waals surface area contributed by atoms with Crippen LogP contribution in [0.2, 0.25) is 0 Å². The minimum absolute atomic E-state index is 0.0985. The summed E-state index contributed by atoms with van der Waals surface area (Å²) in [6.07, 6.45) is 0.987. The van der Waals surface area contributed by atoms with Crippen molar-refractivity contribution in [3.05, 3.63) is 0 Å². The number of ether oxygens (including phenoxy) is 1. The molecule has 0 aromatic carbocycles. The minimum atomic E-state index is -0.418. The van der Waals surface area contributed by atoms with Crippen LogP contribution in [0.5, 0.6) is 0 Å². The van der Waals surface area contributed by atoms with Crippen LogP contribution in [0.4, 0.5) is 0 Å². The highest BCUT2D eigenvalue weighted by molar-refractivity contribution is 5.83. The molecule has 0 fully saturated rings. The average Bonchev–Trinajstić information content (AvgIpc) is 2.01. The van der Waals surface area contributed by atoms with E-state index in [1.165, 1.54) is 6.92 Å². The summed E-state index contributed by atoms with van der Waals surface area (Å²) in [5, 5.41) is 2.92. The second-order valence-corrected chi connectivity index (χ2v) is 2.50. The molecule has 0 rings (SSSR count). The average molecular weight is 173 g/mol. The summed E-state index contributed by atoms with van der Waals surface area (Å²) in [6, 6.07) is 0. The van der Waals surface area contributed by atoms with E-state index >= 15 is 0 Å². The third-order valence-corrected chi connectivity index (χ3v) is 1.19. The fraction of sp³-hybridized carbons (Fsp3) is 0.750. The Balaban J connectivity index is 3.28. The fourth-order valence-electron chi connectivity index (χ4n) is 0.638. The zero-order chi connectivity index (χ0) is 9.40. The van der Waals surface area contributed by atoms with Crippen LogP contribution in [0.15, 0.2) is 0 Å². The first kappa shape index (κ1) is 11.1. The third kappa shape index (κ3) is 7.21. The second-order valence-electron chi connectivity index (χ2n) is 2.50. The standard InChI is InChI=1S/C8H15NO3/c1-3-4-9-5-8(11)6-12-7(2)10/h9H,3-6H2,1-2H3. The lowest BCUT2D eigenvalue weighted by Crippen LogP contribution is -2.27. The molecule has 4 heteroatoms. The normalized spacial score (nSPS) is 9.50. The lowest BCUT2D eigenvalue weighted by molar-refractivity contribution is -0.145. The van der Waals surface area contributed by atoms with E-state index in [-0.39, 0.29) is 18.9 Å². The van der Waals surface area contributed by atoms with Gasteiger partial charge in [0, 0.05) is 6.92 Å². The van der Waals surface area contributed by atoms with E-state index in [1.807, 2.05) is 6.92 Å². The Kier molecular flexibility index (Phi) is 6.28. The largest absolute Gasteiger partial charge is 0.458 e. The Labute approximate surface area is 72.3 Å². The van der Waals surface area contributed by atoms with Crippen LogP contribution in [0.1, 0.15) is 20.3 Å². The Morgan fingerprint density at radius 1 is 1.42 bits per heavy atom. The van der Waals surface area contributed by atoms with Crippen LogP contribution in [0.3, 0.4) is 0 Å². The van der Waals surface area contributed by atoms with Crippen molar-refractivity contribution < 1.29 is 14.3 Å². The van der Waals surface area contributed by atoms with E-state index in [4.69, 9.17) is 0 Å². The zero-order valence-electron chi connectivity index (χ0n) is 7.55. The molecule has 0 aliphatic carbocycles. The molecule has 0 atom stereocenters. The second kappa shape index (κ2) is 6.79. The van der Waals surface area contributed by atoms with Crippen LogP contribution in [0, 0.1) is 0 Å². The maximum atomic E-state index is 10.9. The molecule has 0 aliphatic rings. The summed E-state index contributed by atoms with van der Waals surface area (Å²) in [6.45, 7) is 4.27. The number of esters is 1. The number of rotatable bonds is 6. The van der Waals surface area contributed by atoms with Gasteiger partial charge in [0.1, 0.15) is 0 Å². The molecule has 1 N–H and O–H groups in total. The van der Waals surface area contributed by atoms with Gasteiger partial charge in [0.15, 0.2) is 12.4 Å². The number of hydrogen-bond acceptors (Lipinski definition) is 4. The van der Waals surface area contributed by atoms with Crippen molar-refractivity contribution in [1.29, 1.82) is 0 Å². The van der Waals surface area contributed by atoms with Crippen molar-refractivity contribution >= 4 is 11.8 Å². The van der Waals surface area contributed by atoms with Crippen LogP contribution in [-0.2, 0) is 14.3 Å². The highest BCUT2D eigenvalue weighted by Crippen LogP contribution is 1.78. The quantitative estimate of drug-likeness (QED) is 0.458. The molecule has 0 saturated carbocycles. The lowest BCUT2D eigenvalue weighted by Gasteiger charge is -2.02. The van der Waals surface area contributed by atoms with Crippen molar-refractivity contribution in [2.45, 2.75) is 20.3 Å². The van der Waals surface area contributed by atoms with Gasteiger partial charge in [-0.15, -0.1) is 0 Å². The summed E-state index contributed by atoms with van der Waals surface area (Å²) < 4.78 is 4.51. The Morgan fingerprint density at radius 2 is 2.08 bits per heavy atom. The highest BCUT2D eigenvalue weighted by Gasteiger charge is 2.02. The first-order valence-electron chi connectivity index (χ1n) is 4.02. The first-order valence-corrected chi connectivity index (χ1v) is 4.02. The Bertz CT molecular complexity index is 156. The SMILES string of the molecule is CCCNCC(=O)COC(C)=O. The molecular formula is C8H15NO3. The molecule has 0 radical (unpaired) electrons. The van der Waals surface area contributed by atoms with Gasteiger partial charge < -0.3 is 10.1 Å². The monoisotopic (exact) mass is 173 g/mol. The smallest absolute Gasteiger partial charge is 0.303 e. The van der Waals surface area contributed by atoms with Crippen molar-refractivity contribution in [2.75, 3.05) is 19.7 Å². The van der Waals surface area contributed by atoms with Gasteiger partial charge in [0.2, 0.25) is 0 Å². The van der Waals surface area contributed by atoms with Crippen molar-refractivity contribution in [3.63, 3.8) is 0 Å². The molecular weight excluding hydrogens is 158 g/mol. The van der Waals surface area contributed by atoms with E-state index in [1.54, 1.807) is 0 Å². The van der Waals surface area contributed by atoms with Gasteiger partial charge in [0.05, 0.1) is 6.54 Å². The molecule has 4 nitrogen and oxygen atoms in total. The van der Waals surface area contributed by atoms with E-state index in [9.17, 15) is 9.59 Å². The zero-order valence-corrected chi connectivity index (χ0v) is 7.55. The summed E-state index contributed by atoms with van der Waals surface area (Å²) in [7, 11) is 0. The lowest BCUT2D eigenvalue weighted by atomic mass is 10.4. The minimum Gasteiger partial charge on any atom is -0.458 e. The highest BCUT2D eigenvalue weighted by atomic mass is 16.5. The van der Waals surface area contributed by atoms with Gasteiger partial charge in [-0.2, -0.15) is 0 Å². The number of hydrogen-bond donors (Lipinski definition) is 1. The molecule has 12 heavy (non-hydrogen) atoms. The van der Waals surface area contributed by atoms with Gasteiger partial charge in [-0.1, -0.05) is 6.92 Å². The summed E-state index contributed by atoms with van der Waals surface area (Å²) in [5.41, 5.74) is 0. The number of nitrogens with one attached hydrogen (secondary N) is 1. The van der Waals surface area contributed by atoms with Gasteiger partial charge in [0.25, 0.3) is 0 Å². The van der Waals surface area contributed by atoms with E-state index in [0.717, 1.165) is 13.0 Å². The van der Waals surface area contributed by atoms with Crippen LogP contribution in [-0.4, -0.2) is 31.4 Å². The van der Waals surface area contributed by atoms with Crippen molar-refractivity contribution in [2.24, 2.45) is 0 Å². The van der Waals surface area contributed by atoms with Crippen molar-refractivity contribution in [1.82, 2.24) is 5.32 Å². The van der Waals surface area contributed by atoms with E-state index < -0.39 is 5.97 Å². The maximum absolute atomic E-state index is 10.9. The van der Waals surface area contributed by atoms with E-state index in [0.29, 0.717) is 0 Å². The van der Waals surface area contributed by atoms with Crippen LogP contribution in [0.25, 0.3) is 0 Å². The molecule has 0 aliphatic heterocycles. The fourth-order valence-corrected chi connectivity index (χ4v) is 0.638. The van der Waals surface area contributed by atoms with Crippen molar-refractivity contribution in [3.8, 4) is 0 Å². The molecule has 0 saturated heterocycles. The maximum Gasteiger partial charge on any atom is 0.303 e. The number of carbonyl (C=O) groups is 2. The molecule has 0 aromatic heterocycles. The number of carbonyl (C=O) groups excluding carboxylic acids is 2. The summed E-state index contributed by atoms with van der Waals surface area (Å²) >= 11 is 0. The van der Waals surface area contributed by atoms with Gasteiger partial charge >= 0.3 is 5.97 Å². The first-order chi connectivity index (χ1) is 5.66. The number of Topliss-reactive ketones (excluding diaryl/α,β-unsaturated/α-hetero) is 1. The summed E-state index contributed by atoms with van der Waals surface area (Å²) in [4.78, 5) is 21.2. The van der Waals surface area contributed by atoms with Gasteiger partial charge in [-0.25, -0.2) is 0 Å². The molecule has 0 bridgehead atoms. The molecule has 0 heterocycles.